The molecule has 20 heavy (non-hydrogen) atoms. The van der Waals surface area contributed by atoms with Crippen LogP contribution in [0.2, 0.25) is 0 Å². The van der Waals surface area contributed by atoms with Crippen LogP contribution in [0.1, 0.15) is 32.8 Å². The molecule has 0 aromatic heterocycles. The molecule has 2 amide bonds. The summed E-state index contributed by atoms with van der Waals surface area (Å²) >= 11 is 0. The summed E-state index contributed by atoms with van der Waals surface area (Å²) in [6, 6.07) is 9.59. The summed E-state index contributed by atoms with van der Waals surface area (Å²) in [7, 11) is 0. The van der Waals surface area contributed by atoms with Crippen molar-refractivity contribution in [1.29, 1.82) is 0 Å². The molecule has 0 fully saturated rings. The molecule has 2 N–H and O–H groups in total. The SMILES string of the molecule is CC(C)(C)CC(=O)NCCNC(=O)Cc1ccccc1. The summed E-state index contributed by atoms with van der Waals surface area (Å²) in [5.74, 6) is -0.00363. The van der Waals surface area contributed by atoms with Gasteiger partial charge in [0.05, 0.1) is 6.42 Å². The fourth-order valence-electron chi connectivity index (χ4n) is 1.79. The van der Waals surface area contributed by atoms with Crippen molar-refractivity contribution in [2.24, 2.45) is 5.41 Å². The Bertz CT molecular complexity index is 436. The lowest BCUT2D eigenvalue weighted by Gasteiger charge is -2.17. The minimum atomic E-state index is -0.0266. The average molecular weight is 276 g/mol. The predicted octanol–water partition coefficient (Wildman–Crippen LogP) is 1.90. The first-order chi connectivity index (χ1) is 9.37. The van der Waals surface area contributed by atoms with Gasteiger partial charge in [0.2, 0.25) is 11.8 Å². The maximum absolute atomic E-state index is 11.7. The lowest BCUT2D eigenvalue weighted by Crippen LogP contribution is -2.36. The molecule has 0 heterocycles. The van der Waals surface area contributed by atoms with Crippen LogP contribution in [0.5, 0.6) is 0 Å². The van der Waals surface area contributed by atoms with Crippen LogP contribution >= 0.6 is 0 Å². The van der Waals surface area contributed by atoms with E-state index in [1.807, 2.05) is 51.1 Å². The fraction of sp³-hybridized carbons (Fsp3) is 0.500. The second-order valence-corrected chi connectivity index (χ2v) is 6.10. The molecule has 1 aromatic rings. The number of hydrogen-bond donors (Lipinski definition) is 2. The van der Waals surface area contributed by atoms with Gasteiger partial charge in [0.1, 0.15) is 0 Å². The summed E-state index contributed by atoms with van der Waals surface area (Å²) in [4.78, 5) is 23.2. The van der Waals surface area contributed by atoms with Gasteiger partial charge in [-0.3, -0.25) is 9.59 Å². The van der Waals surface area contributed by atoms with Gasteiger partial charge in [-0.05, 0) is 11.0 Å². The van der Waals surface area contributed by atoms with E-state index in [2.05, 4.69) is 10.6 Å². The molecule has 0 atom stereocenters. The molecule has 1 rings (SSSR count). The molecule has 0 radical (unpaired) electrons. The summed E-state index contributed by atoms with van der Waals surface area (Å²) in [6.45, 7) is 6.99. The zero-order valence-corrected chi connectivity index (χ0v) is 12.5. The Morgan fingerprint density at radius 1 is 0.950 bits per heavy atom. The van der Waals surface area contributed by atoms with E-state index in [1.54, 1.807) is 0 Å². The number of carbonyl (C=O) groups excluding carboxylic acids is 2. The summed E-state index contributed by atoms with van der Waals surface area (Å²) in [5, 5.41) is 5.60. The minimum Gasteiger partial charge on any atom is -0.354 e. The van der Waals surface area contributed by atoms with Gasteiger partial charge < -0.3 is 10.6 Å². The van der Waals surface area contributed by atoms with Crippen molar-refractivity contribution in [2.45, 2.75) is 33.6 Å². The largest absolute Gasteiger partial charge is 0.354 e. The van der Waals surface area contributed by atoms with Crippen LogP contribution in [0, 0.1) is 5.41 Å². The molecular weight excluding hydrogens is 252 g/mol. The number of carbonyl (C=O) groups is 2. The summed E-state index contributed by atoms with van der Waals surface area (Å²) in [5.41, 5.74) is 0.974. The molecule has 0 saturated carbocycles. The van der Waals surface area contributed by atoms with Crippen molar-refractivity contribution in [3.05, 3.63) is 35.9 Å². The molecule has 1 aromatic carbocycles. The Morgan fingerprint density at radius 3 is 2.05 bits per heavy atom. The van der Waals surface area contributed by atoms with E-state index in [4.69, 9.17) is 0 Å². The highest BCUT2D eigenvalue weighted by Gasteiger charge is 2.15. The van der Waals surface area contributed by atoms with Crippen LogP contribution in [-0.2, 0) is 16.0 Å². The summed E-state index contributed by atoms with van der Waals surface area (Å²) < 4.78 is 0. The quantitative estimate of drug-likeness (QED) is 0.780. The highest BCUT2D eigenvalue weighted by atomic mass is 16.2. The first kappa shape index (κ1) is 16.2. The van der Waals surface area contributed by atoms with Crippen molar-refractivity contribution in [2.75, 3.05) is 13.1 Å². The number of amides is 2. The first-order valence-electron chi connectivity index (χ1n) is 6.94. The Labute approximate surface area is 121 Å². The monoisotopic (exact) mass is 276 g/mol. The van der Waals surface area contributed by atoms with Crippen molar-refractivity contribution in [1.82, 2.24) is 10.6 Å². The second kappa shape index (κ2) is 7.68. The van der Waals surface area contributed by atoms with Gasteiger partial charge in [-0.1, -0.05) is 51.1 Å². The third-order valence-corrected chi connectivity index (χ3v) is 2.67. The number of hydrogen-bond acceptors (Lipinski definition) is 2. The molecule has 4 heteroatoms. The lowest BCUT2D eigenvalue weighted by atomic mass is 9.92. The maximum atomic E-state index is 11.7. The topological polar surface area (TPSA) is 58.2 Å². The van der Waals surface area contributed by atoms with Gasteiger partial charge >= 0.3 is 0 Å². The van der Waals surface area contributed by atoms with Gasteiger partial charge in [0, 0.05) is 19.5 Å². The molecule has 0 bridgehead atoms. The van der Waals surface area contributed by atoms with E-state index in [9.17, 15) is 9.59 Å². The van der Waals surface area contributed by atoms with Crippen LogP contribution in [0.3, 0.4) is 0 Å². The normalized spacial score (nSPS) is 10.9. The molecule has 4 nitrogen and oxygen atoms in total. The van der Waals surface area contributed by atoms with Crippen LogP contribution in [0.25, 0.3) is 0 Å². The summed E-state index contributed by atoms with van der Waals surface area (Å²) in [6.07, 6.45) is 0.863. The van der Waals surface area contributed by atoms with Gasteiger partial charge in [-0.15, -0.1) is 0 Å². The molecule has 0 unspecified atom stereocenters. The van der Waals surface area contributed by atoms with E-state index in [0.717, 1.165) is 5.56 Å². The molecule has 0 aliphatic heterocycles. The maximum Gasteiger partial charge on any atom is 0.224 e. The molecule has 0 aliphatic carbocycles. The smallest absolute Gasteiger partial charge is 0.224 e. The van der Waals surface area contributed by atoms with Crippen molar-refractivity contribution < 1.29 is 9.59 Å². The Morgan fingerprint density at radius 2 is 1.50 bits per heavy atom. The minimum absolute atomic E-state index is 0.0133. The van der Waals surface area contributed by atoms with Crippen LogP contribution in [0.15, 0.2) is 30.3 Å². The van der Waals surface area contributed by atoms with Gasteiger partial charge in [0.15, 0.2) is 0 Å². The number of rotatable bonds is 6. The highest BCUT2D eigenvalue weighted by molar-refractivity contribution is 5.79. The van der Waals surface area contributed by atoms with E-state index in [1.165, 1.54) is 0 Å². The molecule has 110 valence electrons. The molecule has 0 spiro atoms. The standard InChI is InChI=1S/C16H24N2O2/c1-16(2,3)12-15(20)18-10-9-17-14(19)11-13-7-5-4-6-8-13/h4-8H,9-12H2,1-3H3,(H,17,19)(H,18,20). The van der Waals surface area contributed by atoms with E-state index >= 15 is 0 Å². The average Bonchev–Trinajstić information content (AvgIpc) is 2.34. The van der Waals surface area contributed by atoms with E-state index in [0.29, 0.717) is 25.9 Å². The second-order valence-electron chi connectivity index (χ2n) is 6.10. The van der Waals surface area contributed by atoms with Crippen LogP contribution < -0.4 is 10.6 Å². The van der Waals surface area contributed by atoms with Crippen molar-refractivity contribution >= 4 is 11.8 Å². The fourth-order valence-corrected chi connectivity index (χ4v) is 1.79. The lowest BCUT2D eigenvalue weighted by molar-refractivity contribution is -0.123. The van der Waals surface area contributed by atoms with Crippen molar-refractivity contribution in [3.8, 4) is 0 Å². The molecule has 0 saturated heterocycles. The highest BCUT2D eigenvalue weighted by Crippen LogP contribution is 2.17. The van der Waals surface area contributed by atoms with Gasteiger partial charge in [0.25, 0.3) is 0 Å². The Balaban J connectivity index is 2.15. The predicted molar refractivity (Wildman–Crippen MR) is 80.2 cm³/mol. The van der Waals surface area contributed by atoms with E-state index < -0.39 is 0 Å². The number of nitrogens with one attached hydrogen (secondary N) is 2. The molecular formula is C16H24N2O2. The van der Waals surface area contributed by atoms with E-state index in [-0.39, 0.29) is 17.2 Å². The van der Waals surface area contributed by atoms with Gasteiger partial charge in [-0.25, -0.2) is 0 Å². The number of benzene rings is 1. The Hall–Kier alpha value is -1.84. The zero-order valence-electron chi connectivity index (χ0n) is 12.5. The third kappa shape index (κ3) is 7.56. The van der Waals surface area contributed by atoms with Crippen LogP contribution in [-0.4, -0.2) is 24.9 Å². The van der Waals surface area contributed by atoms with Crippen LogP contribution in [0.4, 0.5) is 0 Å². The third-order valence-electron chi connectivity index (χ3n) is 2.67. The Kier molecular flexibility index (Phi) is 6.22. The van der Waals surface area contributed by atoms with Gasteiger partial charge in [-0.2, -0.15) is 0 Å². The van der Waals surface area contributed by atoms with Crippen molar-refractivity contribution in [3.63, 3.8) is 0 Å². The first-order valence-corrected chi connectivity index (χ1v) is 6.94. The zero-order chi connectivity index (χ0) is 15.0. The molecule has 0 aliphatic rings.